The molecule has 0 radical (unpaired) electrons. The Bertz CT molecular complexity index is 507. The number of aryl methyl sites for hydroxylation is 2. The summed E-state index contributed by atoms with van der Waals surface area (Å²) >= 11 is 9.32. The quantitative estimate of drug-likeness (QED) is 0.749. The van der Waals surface area contributed by atoms with Gasteiger partial charge in [-0.2, -0.15) is 0 Å². The molecule has 0 unspecified atom stereocenters. The van der Waals surface area contributed by atoms with E-state index in [4.69, 9.17) is 11.6 Å². The fraction of sp³-hybridized carbons (Fsp3) is 0.462. The fourth-order valence-corrected chi connectivity index (χ4v) is 2.51. The molecule has 0 bridgehead atoms. The molecular formula is C13H16BrClN2. The van der Waals surface area contributed by atoms with Crippen LogP contribution in [-0.4, -0.2) is 15.4 Å². The Kier molecular flexibility index (Phi) is 4.46. The Hall–Kier alpha value is -0.540. The van der Waals surface area contributed by atoms with Crippen LogP contribution >= 0.6 is 27.5 Å². The van der Waals surface area contributed by atoms with Crippen molar-refractivity contribution in [1.29, 1.82) is 0 Å². The highest BCUT2D eigenvalue weighted by Gasteiger charge is 2.09. The Morgan fingerprint density at radius 2 is 2.24 bits per heavy atom. The van der Waals surface area contributed by atoms with E-state index in [0.717, 1.165) is 28.8 Å². The van der Waals surface area contributed by atoms with Crippen LogP contribution < -0.4 is 0 Å². The van der Waals surface area contributed by atoms with Crippen LogP contribution in [0.4, 0.5) is 0 Å². The molecule has 2 aromatic rings. The van der Waals surface area contributed by atoms with Gasteiger partial charge in [-0.1, -0.05) is 29.3 Å². The van der Waals surface area contributed by atoms with Crippen molar-refractivity contribution in [3.8, 4) is 0 Å². The number of benzene rings is 1. The first-order chi connectivity index (χ1) is 8.26. The molecule has 1 aromatic carbocycles. The summed E-state index contributed by atoms with van der Waals surface area (Å²) in [5.74, 6) is 1.72. The van der Waals surface area contributed by atoms with Crippen molar-refractivity contribution in [2.24, 2.45) is 0 Å². The second-order valence-corrected chi connectivity index (χ2v) is 5.40. The summed E-state index contributed by atoms with van der Waals surface area (Å²) in [6, 6.07) is 6.26. The Labute approximate surface area is 115 Å². The highest BCUT2D eigenvalue weighted by Crippen LogP contribution is 2.22. The molecule has 2 nitrogen and oxygen atoms in total. The molecule has 0 saturated carbocycles. The van der Waals surface area contributed by atoms with Crippen molar-refractivity contribution < 1.29 is 0 Å². The first-order valence-electron chi connectivity index (χ1n) is 5.97. The first kappa shape index (κ1) is 12.9. The van der Waals surface area contributed by atoms with Crippen molar-refractivity contribution in [2.45, 2.75) is 32.7 Å². The molecule has 0 fully saturated rings. The lowest BCUT2D eigenvalue weighted by Gasteiger charge is -2.07. The normalized spacial score (nSPS) is 11.2. The summed E-state index contributed by atoms with van der Waals surface area (Å²) in [4.78, 5) is 4.66. The molecule has 0 amide bonds. The number of halogens is 2. The molecule has 0 N–H and O–H groups in total. The molecule has 2 rings (SSSR count). The first-order valence-corrected chi connectivity index (χ1v) is 7.29. The molecular weight excluding hydrogens is 300 g/mol. The predicted molar refractivity (Wildman–Crippen MR) is 76.8 cm³/mol. The summed E-state index contributed by atoms with van der Waals surface area (Å²) in [6.45, 7) is 3.23. The zero-order chi connectivity index (χ0) is 12.3. The second-order valence-electron chi connectivity index (χ2n) is 4.11. The zero-order valence-corrected chi connectivity index (χ0v) is 12.3. The average molecular weight is 316 g/mol. The monoisotopic (exact) mass is 314 g/mol. The van der Waals surface area contributed by atoms with E-state index in [0.29, 0.717) is 5.88 Å². The van der Waals surface area contributed by atoms with Gasteiger partial charge in [0.15, 0.2) is 0 Å². The Morgan fingerprint density at radius 3 is 2.94 bits per heavy atom. The lowest BCUT2D eigenvalue weighted by atomic mass is 10.3. The van der Waals surface area contributed by atoms with E-state index in [1.807, 2.05) is 0 Å². The van der Waals surface area contributed by atoms with E-state index < -0.39 is 0 Å². The fourth-order valence-electron chi connectivity index (χ4n) is 1.99. The number of fused-ring (bicyclic) bond motifs is 1. The second kappa shape index (κ2) is 5.87. The van der Waals surface area contributed by atoms with Gasteiger partial charge in [0.2, 0.25) is 0 Å². The summed E-state index contributed by atoms with van der Waals surface area (Å²) in [5, 5.41) is 0. The van der Waals surface area contributed by atoms with Crippen molar-refractivity contribution in [1.82, 2.24) is 9.55 Å². The maximum absolute atomic E-state index is 5.84. The maximum Gasteiger partial charge on any atom is 0.111 e. The molecule has 1 heterocycles. The Balaban J connectivity index is 2.46. The number of aromatic nitrogens is 2. The topological polar surface area (TPSA) is 17.8 Å². The number of unbranched alkanes of at least 4 members (excludes halogenated alkanes) is 1. The number of rotatable bonds is 5. The van der Waals surface area contributed by atoms with Crippen LogP contribution in [0.2, 0.25) is 0 Å². The van der Waals surface area contributed by atoms with Gasteiger partial charge in [-0.15, -0.1) is 11.6 Å². The molecule has 0 atom stereocenters. The minimum absolute atomic E-state index is 0.622. The summed E-state index contributed by atoms with van der Waals surface area (Å²) in [5.41, 5.74) is 2.26. The summed E-state index contributed by atoms with van der Waals surface area (Å²) in [7, 11) is 0. The van der Waals surface area contributed by atoms with Gasteiger partial charge >= 0.3 is 0 Å². The zero-order valence-electron chi connectivity index (χ0n) is 9.92. The average Bonchev–Trinajstić information content (AvgIpc) is 2.63. The van der Waals surface area contributed by atoms with Crippen molar-refractivity contribution in [2.75, 3.05) is 5.88 Å². The highest BCUT2D eigenvalue weighted by atomic mass is 79.9. The van der Waals surface area contributed by atoms with Crippen LogP contribution in [-0.2, 0) is 13.0 Å². The highest BCUT2D eigenvalue weighted by molar-refractivity contribution is 9.10. The molecule has 0 saturated heterocycles. The minimum Gasteiger partial charge on any atom is -0.328 e. The van der Waals surface area contributed by atoms with Crippen molar-refractivity contribution in [3.63, 3.8) is 0 Å². The van der Waals surface area contributed by atoms with Gasteiger partial charge in [0, 0.05) is 23.3 Å². The summed E-state index contributed by atoms with van der Waals surface area (Å²) in [6.07, 6.45) is 3.20. The SMILES string of the molecule is CCCCn1c(CCCl)nc2cc(Br)ccc21. The standard InChI is InChI=1S/C13H16BrClN2/c1-2-3-8-17-12-5-4-10(14)9-11(12)16-13(17)6-7-15/h4-5,9H,2-3,6-8H2,1H3. The van der Waals surface area contributed by atoms with E-state index in [-0.39, 0.29) is 0 Å². The van der Waals surface area contributed by atoms with Gasteiger partial charge in [0.05, 0.1) is 11.0 Å². The number of hydrogen-bond donors (Lipinski definition) is 0. The third-order valence-corrected chi connectivity index (χ3v) is 3.52. The number of nitrogens with zero attached hydrogens (tertiary/aromatic N) is 2. The van der Waals surface area contributed by atoms with Crippen molar-refractivity contribution in [3.05, 3.63) is 28.5 Å². The van der Waals surface area contributed by atoms with E-state index >= 15 is 0 Å². The lowest BCUT2D eigenvalue weighted by Crippen LogP contribution is -2.04. The number of alkyl halides is 1. The van der Waals surface area contributed by atoms with E-state index in [2.05, 4.69) is 50.6 Å². The van der Waals surface area contributed by atoms with Crippen LogP contribution in [0.25, 0.3) is 11.0 Å². The van der Waals surface area contributed by atoms with E-state index in [1.54, 1.807) is 0 Å². The molecule has 0 aliphatic rings. The van der Waals surface area contributed by atoms with E-state index in [9.17, 15) is 0 Å². The minimum atomic E-state index is 0.622. The third kappa shape index (κ3) is 2.83. The van der Waals surface area contributed by atoms with Gasteiger partial charge in [0.1, 0.15) is 5.82 Å². The van der Waals surface area contributed by atoms with Crippen LogP contribution in [0.5, 0.6) is 0 Å². The van der Waals surface area contributed by atoms with Crippen molar-refractivity contribution >= 4 is 38.6 Å². The largest absolute Gasteiger partial charge is 0.328 e. The van der Waals surface area contributed by atoms with Crippen LogP contribution in [0.15, 0.2) is 22.7 Å². The van der Waals surface area contributed by atoms with Crippen LogP contribution in [0, 0.1) is 0 Å². The molecule has 1 aromatic heterocycles. The Morgan fingerprint density at radius 1 is 1.41 bits per heavy atom. The van der Waals surface area contributed by atoms with Gasteiger partial charge in [-0.25, -0.2) is 4.98 Å². The van der Waals surface area contributed by atoms with Gasteiger partial charge in [-0.05, 0) is 24.6 Å². The van der Waals surface area contributed by atoms with E-state index in [1.165, 1.54) is 18.4 Å². The molecule has 0 aliphatic carbocycles. The van der Waals surface area contributed by atoms with Crippen LogP contribution in [0.3, 0.4) is 0 Å². The molecule has 0 spiro atoms. The smallest absolute Gasteiger partial charge is 0.111 e. The predicted octanol–water partition coefficient (Wildman–Crippen LogP) is 4.38. The number of hydrogen-bond acceptors (Lipinski definition) is 1. The molecule has 92 valence electrons. The summed E-state index contributed by atoms with van der Waals surface area (Å²) < 4.78 is 3.37. The molecule has 17 heavy (non-hydrogen) atoms. The van der Waals surface area contributed by atoms with Crippen LogP contribution in [0.1, 0.15) is 25.6 Å². The molecule has 0 aliphatic heterocycles. The van der Waals surface area contributed by atoms with Gasteiger partial charge in [0.25, 0.3) is 0 Å². The van der Waals surface area contributed by atoms with Gasteiger partial charge < -0.3 is 4.57 Å². The van der Waals surface area contributed by atoms with Gasteiger partial charge in [-0.3, -0.25) is 0 Å². The number of imidazole rings is 1. The maximum atomic E-state index is 5.84. The molecule has 4 heteroatoms. The lowest BCUT2D eigenvalue weighted by molar-refractivity contribution is 0.620. The third-order valence-electron chi connectivity index (χ3n) is 2.84.